The molecule has 334 valence electrons. The highest BCUT2D eigenvalue weighted by Crippen LogP contribution is 2.42. The maximum Gasteiger partial charge on any atom is 0.192 e. The minimum atomic E-state index is -2.16. The van der Waals surface area contributed by atoms with Gasteiger partial charge in [-0.3, -0.25) is 0 Å². The van der Waals surface area contributed by atoms with E-state index in [2.05, 4.69) is 171 Å². The van der Waals surface area contributed by atoms with E-state index in [0.29, 0.717) is 19.8 Å². The van der Waals surface area contributed by atoms with Crippen LogP contribution in [0.3, 0.4) is 0 Å². The maximum atomic E-state index is 7.49. The van der Waals surface area contributed by atoms with E-state index >= 15 is 0 Å². The van der Waals surface area contributed by atoms with Crippen LogP contribution in [-0.4, -0.2) is 55.8 Å². The van der Waals surface area contributed by atoms with Crippen molar-refractivity contribution in [2.75, 3.05) is 20.8 Å². The molecule has 2 rings (SSSR count). The molecule has 0 spiro atoms. The van der Waals surface area contributed by atoms with Crippen LogP contribution in [0.25, 0.3) is 0 Å². The smallest absolute Gasteiger partial charge is 0.192 e. The first-order valence-corrected chi connectivity index (χ1v) is 28.0. The Morgan fingerprint density at radius 3 is 1.56 bits per heavy atom. The van der Waals surface area contributed by atoms with Gasteiger partial charge in [-0.1, -0.05) is 136 Å². The molecule has 0 heterocycles. The number of hydrogen-bond donors (Lipinski definition) is 0. The van der Waals surface area contributed by atoms with Gasteiger partial charge in [0.25, 0.3) is 0 Å². The fraction of sp³-hybridized carbons (Fsp3) is 0.647. The number of hydrogen-bond acceptors (Lipinski definition) is 6. The molecular weight excluding hydrogens is 765 g/mol. The zero-order chi connectivity index (χ0) is 44.8. The summed E-state index contributed by atoms with van der Waals surface area (Å²) in [5.74, 6) is 2.67. The summed E-state index contributed by atoms with van der Waals surface area (Å²) in [7, 11) is -0.849. The molecule has 8 heteroatoms. The molecule has 8 atom stereocenters. The van der Waals surface area contributed by atoms with Crippen LogP contribution >= 0.6 is 0 Å². The zero-order valence-corrected chi connectivity index (χ0v) is 42.9. The summed E-state index contributed by atoms with van der Waals surface area (Å²) in [5, 5.41) is 0.165. The fourth-order valence-electron chi connectivity index (χ4n) is 7.28. The van der Waals surface area contributed by atoms with Gasteiger partial charge in [0.1, 0.15) is 11.5 Å². The monoisotopic (exact) mass is 851 g/mol. The van der Waals surface area contributed by atoms with Gasteiger partial charge in [0.2, 0.25) is 0 Å². The minimum absolute atomic E-state index is 0.00228. The third-order valence-corrected chi connectivity index (χ3v) is 21.9. The summed E-state index contributed by atoms with van der Waals surface area (Å²) in [6, 6.07) is 16.3. The highest BCUT2D eigenvalue weighted by molar-refractivity contribution is 6.74. The van der Waals surface area contributed by atoms with Crippen molar-refractivity contribution in [3.05, 3.63) is 95.6 Å². The Morgan fingerprint density at radius 2 is 1.10 bits per heavy atom. The first-order chi connectivity index (χ1) is 27.4. The molecule has 0 aliphatic heterocycles. The maximum absolute atomic E-state index is 7.49. The van der Waals surface area contributed by atoms with Gasteiger partial charge in [0.05, 0.1) is 52.4 Å². The second-order valence-corrected chi connectivity index (χ2v) is 29.8. The lowest BCUT2D eigenvalue weighted by atomic mass is 9.81. The summed E-state index contributed by atoms with van der Waals surface area (Å²) in [4.78, 5) is 0. The molecule has 0 saturated carbocycles. The van der Waals surface area contributed by atoms with Gasteiger partial charge in [0.15, 0.2) is 16.6 Å². The standard InChI is InChI=1S/C51H86O6Si2/c1-20-21-22-23-38(3)48(55-36-44-26-30-46(53-15)31-27-44)42(7)49(57-59(18,19)51(11,12)13)40(5)33-37(2)32-39(4)47(56-58(16,17)50(8,9)10)41(6)34-54-35-43-24-28-45(52-14)29-25-43/h20-32,38-42,47-49H,33-36H2,1-19H3/b21-20+,23-22-,37-32-/t38-,39-,40-,41-,42+,47+,48-,49+/m0/s1. The SMILES string of the molecule is C/C=C/C=C\[C@H](C)[C@H](OCc1ccc(OC)cc1)[C@@H](C)[C@H](O[Si](C)(C)C(C)(C)C)[C@@H](C)C/C(C)=C\[C@H](C)[C@@H](O[Si](C)(C)C(C)(C)C)[C@@H](C)COCc1ccc(OC)cc1. The fourth-order valence-corrected chi connectivity index (χ4v) is 10.2. The van der Waals surface area contributed by atoms with Crippen LogP contribution in [0.5, 0.6) is 11.5 Å². The molecule has 0 unspecified atom stereocenters. The van der Waals surface area contributed by atoms with Crippen LogP contribution in [0.2, 0.25) is 36.3 Å². The molecule has 0 radical (unpaired) electrons. The van der Waals surface area contributed by atoms with E-state index in [9.17, 15) is 0 Å². The largest absolute Gasteiger partial charge is 0.497 e. The molecule has 0 amide bonds. The molecule has 0 fully saturated rings. The van der Waals surface area contributed by atoms with E-state index in [1.807, 2.05) is 24.3 Å². The third kappa shape index (κ3) is 16.7. The van der Waals surface area contributed by atoms with E-state index < -0.39 is 16.6 Å². The Kier molecular flexibility index (Phi) is 21.1. The Balaban J connectivity index is 2.46. The van der Waals surface area contributed by atoms with Crippen LogP contribution in [0.4, 0.5) is 0 Å². The van der Waals surface area contributed by atoms with Gasteiger partial charge in [-0.15, -0.1) is 0 Å². The van der Waals surface area contributed by atoms with Crippen molar-refractivity contribution in [1.82, 2.24) is 0 Å². The highest BCUT2D eigenvalue weighted by Gasteiger charge is 2.44. The predicted molar refractivity (Wildman–Crippen MR) is 257 cm³/mol. The van der Waals surface area contributed by atoms with Crippen molar-refractivity contribution in [2.45, 2.75) is 164 Å². The summed E-state index contributed by atoms with van der Waals surface area (Å²) in [6.07, 6.45) is 12.0. The molecule has 2 aromatic carbocycles. The highest BCUT2D eigenvalue weighted by atomic mass is 28.4. The van der Waals surface area contributed by atoms with E-state index in [1.54, 1.807) is 14.2 Å². The average molecular weight is 851 g/mol. The summed E-state index contributed by atoms with van der Waals surface area (Å²) < 4.78 is 38.8. The first-order valence-electron chi connectivity index (χ1n) is 22.1. The Hall–Kier alpha value is -2.47. The van der Waals surface area contributed by atoms with Gasteiger partial charge < -0.3 is 27.8 Å². The van der Waals surface area contributed by atoms with Crippen LogP contribution < -0.4 is 9.47 Å². The van der Waals surface area contributed by atoms with Crippen molar-refractivity contribution in [1.29, 1.82) is 0 Å². The van der Waals surface area contributed by atoms with Gasteiger partial charge in [-0.2, -0.15) is 0 Å². The van der Waals surface area contributed by atoms with E-state index in [1.165, 1.54) is 5.57 Å². The van der Waals surface area contributed by atoms with Crippen LogP contribution in [0.15, 0.2) is 84.5 Å². The number of allylic oxidation sites excluding steroid dienone is 4. The first kappa shape index (κ1) is 52.7. The Bertz CT molecular complexity index is 1580. The normalized spacial score (nSPS) is 17.7. The molecule has 0 bridgehead atoms. The van der Waals surface area contributed by atoms with Gasteiger partial charge >= 0.3 is 0 Å². The van der Waals surface area contributed by atoms with E-state index in [4.69, 9.17) is 27.8 Å². The van der Waals surface area contributed by atoms with Gasteiger partial charge in [-0.25, -0.2) is 0 Å². The van der Waals surface area contributed by atoms with Crippen molar-refractivity contribution in [3.8, 4) is 11.5 Å². The van der Waals surface area contributed by atoms with Crippen molar-refractivity contribution >= 4 is 16.6 Å². The Labute approximate surface area is 364 Å². The van der Waals surface area contributed by atoms with Gasteiger partial charge in [0, 0.05) is 17.8 Å². The second-order valence-electron chi connectivity index (χ2n) is 20.3. The summed E-state index contributed by atoms with van der Waals surface area (Å²) in [6.45, 7) is 41.2. The van der Waals surface area contributed by atoms with Crippen molar-refractivity contribution < 1.29 is 27.8 Å². The van der Waals surface area contributed by atoms with Crippen molar-refractivity contribution in [2.24, 2.45) is 29.6 Å². The quantitative estimate of drug-likeness (QED) is 0.0596. The van der Waals surface area contributed by atoms with E-state index in [0.717, 1.165) is 29.0 Å². The molecular formula is C51H86O6Si2. The molecule has 2 aromatic rings. The third-order valence-electron chi connectivity index (χ3n) is 13.0. The Morgan fingerprint density at radius 1 is 0.627 bits per heavy atom. The summed E-state index contributed by atoms with van der Waals surface area (Å²) >= 11 is 0. The minimum Gasteiger partial charge on any atom is -0.497 e. The molecule has 0 saturated heterocycles. The molecule has 0 N–H and O–H groups in total. The van der Waals surface area contributed by atoms with Crippen LogP contribution in [0.1, 0.15) is 108 Å². The molecule has 0 aromatic heterocycles. The zero-order valence-electron chi connectivity index (χ0n) is 40.9. The lowest BCUT2D eigenvalue weighted by molar-refractivity contribution is -0.0644. The van der Waals surface area contributed by atoms with Gasteiger partial charge in [-0.05, 0) is 104 Å². The predicted octanol–water partition coefficient (Wildman–Crippen LogP) is 14.2. The number of methoxy groups -OCH3 is 2. The molecule has 0 aliphatic carbocycles. The van der Waals surface area contributed by atoms with E-state index in [-0.39, 0.29) is 58.0 Å². The number of ether oxygens (including phenoxy) is 4. The lowest BCUT2D eigenvalue weighted by Gasteiger charge is -2.45. The molecule has 0 aliphatic rings. The topological polar surface area (TPSA) is 55.4 Å². The number of rotatable bonds is 24. The van der Waals surface area contributed by atoms with Crippen LogP contribution in [-0.2, 0) is 31.5 Å². The van der Waals surface area contributed by atoms with Crippen molar-refractivity contribution in [3.63, 3.8) is 0 Å². The number of benzene rings is 2. The second kappa shape index (κ2) is 23.7. The molecule has 6 nitrogen and oxygen atoms in total. The lowest BCUT2D eigenvalue weighted by Crippen LogP contribution is -2.50. The summed E-state index contributed by atoms with van der Waals surface area (Å²) in [5.41, 5.74) is 3.64. The molecule has 59 heavy (non-hydrogen) atoms. The average Bonchev–Trinajstić information content (AvgIpc) is 3.15. The van der Waals surface area contributed by atoms with Crippen LogP contribution in [0, 0.1) is 29.6 Å².